The Kier molecular flexibility index (Phi) is 6.56. The highest BCUT2D eigenvalue weighted by Crippen LogP contribution is 2.67. The molecule has 4 aliphatic carbocycles. The summed E-state index contributed by atoms with van der Waals surface area (Å²) in [6, 6.07) is 0. The van der Waals surface area contributed by atoms with Gasteiger partial charge in [0.2, 0.25) is 0 Å². The number of hydrogen-bond acceptors (Lipinski definition) is 2. The molecule has 0 unspecified atom stereocenters. The van der Waals surface area contributed by atoms with Crippen LogP contribution < -0.4 is 0 Å². The Bertz CT molecular complexity index is 817. The van der Waals surface area contributed by atoms with Crippen LogP contribution in [0.1, 0.15) is 92.9 Å². The number of allylic oxidation sites excluding steroid dienone is 4. The quantitative estimate of drug-likeness (QED) is 0.268. The molecule has 0 radical (unpaired) electrons. The van der Waals surface area contributed by atoms with Crippen LogP contribution in [0.25, 0.3) is 0 Å². The summed E-state index contributed by atoms with van der Waals surface area (Å²) in [5, 5.41) is 9.67. The SMILES string of the molecule is CC[C@H](/C=C/[C@@H](C)[C@H]1CC[C@H]2[C@@H]3CCC4=CC(=O)/C(=C\O)C[C@]4(C)[C@H]3CC[C@]12C)C(C)C. The van der Waals surface area contributed by atoms with Crippen LogP contribution >= 0.6 is 0 Å². The molecule has 3 fully saturated rings. The van der Waals surface area contributed by atoms with Gasteiger partial charge in [-0.3, -0.25) is 4.79 Å². The molecular formula is C30H46O2. The van der Waals surface area contributed by atoms with E-state index in [9.17, 15) is 9.90 Å². The summed E-state index contributed by atoms with van der Waals surface area (Å²) in [4.78, 5) is 12.4. The molecule has 3 saturated carbocycles. The molecule has 0 spiro atoms. The molecule has 0 amide bonds. The van der Waals surface area contributed by atoms with E-state index in [1.54, 1.807) is 0 Å². The van der Waals surface area contributed by atoms with Crippen molar-refractivity contribution in [2.45, 2.75) is 92.9 Å². The predicted octanol–water partition coefficient (Wildman–Crippen LogP) is 8.06. The Hall–Kier alpha value is -1.31. The van der Waals surface area contributed by atoms with Gasteiger partial charge >= 0.3 is 0 Å². The van der Waals surface area contributed by atoms with Gasteiger partial charge in [-0.2, -0.15) is 0 Å². The number of rotatable bonds is 5. The molecule has 0 aromatic heterocycles. The van der Waals surface area contributed by atoms with Crippen molar-refractivity contribution in [3.63, 3.8) is 0 Å². The lowest BCUT2D eigenvalue weighted by molar-refractivity contribution is -0.113. The van der Waals surface area contributed by atoms with Crippen molar-refractivity contribution < 1.29 is 9.90 Å². The maximum absolute atomic E-state index is 12.4. The van der Waals surface area contributed by atoms with E-state index in [-0.39, 0.29) is 11.2 Å². The Labute approximate surface area is 196 Å². The van der Waals surface area contributed by atoms with E-state index in [2.05, 4.69) is 53.7 Å². The van der Waals surface area contributed by atoms with Crippen LogP contribution in [0.2, 0.25) is 0 Å². The Balaban J connectivity index is 1.55. The van der Waals surface area contributed by atoms with Gasteiger partial charge in [0.05, 0.1) is 6.26 Å². The Morgan fingerprint density at radius 2 is 1.84 bits per heavy atom. The van der Waals surface area contributed by atoms with Crippen LogP contribution in [-0.4, -0.2) is 10.9 Å². The number of carbonyl (C=O) groups excluding carboxylic acids is 1. The molecule has 2 nitrogen and oxygen atoms in total. The topological polar surface area (TPSA) is 37.3 Å². The average molecular weight is 439 g/mol. The minimum atomic E-state index is 0.0346. The fraction of sp³-hybridized carbons (Fsp3) is 0.767. The molecule has 1 N–H and O–H groups in total. The van der Waals surface area contributed by atoms with Crippen LogP contribution in [-0.2, 0) is 4.79 Å². The maximum Gasteiger partial charge on any atom is 0.184 e. The van der Waals surface area contributed by atoms with Crippen molar-refractivity contribution in [3.8, 4) is 0 Å². The number of hydrogen-bond donors (Lipinski definition) is 1. The van der Waals surface area contributed by atoms with Gasteiger partial charge in [-0.15, -0.1) is 0 Å². The van der Waals surface area contributed by atoms with Gasteiger partial charge in [0, 0.05) is 5.57 Å². The van der Waals surface area contributed by atoms with Gasteiger partial charge in [-0.05, 0) is 110 Å². The molecule has 4 rings (SSSR count). The van der Waals surface area contributed by atoms with Gasteiger partial charge in [0.1, 0.15) is 0 Å². The Morgan fingerprint density at radius 1 is 1.09 bits per heavy atom. The third kappa shape index (κ3) is 3.74. The van der Waals surface area contributed by atoms with Crippen LogP contribution in [0, 0.1) is 52.3 Å². The van der Waals surface area contributed by atoms with Crippen LogP contribution in [0.15, 0.2) is 35.6 Å². The smallest absolute Gasteiger partial charge is 0.184 e. The zero-order chi connectivity index (χ0) is 23.3. The maximum atomic E-state index is 12.4. The highest BCUT2D eigenvalue weighted by atomic mass is 16.2. The molecule has 2 heteroatoms. The number of aliphatic hydroxyl groups is 1. The van der Waals surface area contributed by atoms with Gasteiger partial charge in [-0.25, -0.2) is 0 Å². The summed E-state index contributed by atoms with van der Waals surface area (Å²) < 4.78 is 0. The van der Waals surface area contributed by atoms with E-state index in [1.807, 2.05) is 6.08 Å². The summed E-state index contributed by atoms with van der Waals surface area (Å²) in [6.07, 6.45) is 17.7. The molecule has 0 aromatic rings. The average Bonchev–Trinajstić information content (AvgIpc) is 3.11. The molecule has 0 saturated heterocycles. The summed E-state index contributed by atoms with van der Waals surface area (Å²) >= 11 is 0. The molecule has 0 aliphatic heterocycles. The van der Waals surface area contributed by atoms with E-state index >= 15 is 0 Å². The molecule has 4 aliphatic rings. The van der Waals surface area contributed by atoms with E-state index in [0.29, 0.717) is 28.7 Å². The number of carbonyl (C=O) groups is 1. The zero-order valence-corrected chi connectivity index (χ0v) is 21.4. The van der Waals surface area contributed by atoms with Gasteiger partial charge < -0.3 is 5.11 Å². The fourth-order valence-electron chi connectivity index (χ4n) is 8.84. The lowest BCUT2D eigenvalue weighted by atomic mass is 9.46. The summed E-state index contributed by atoms with van der Waals surface area (Å²) in [7, 11) is 0. The molecular weight excluding hydrogens is 392 g/mol. The molecule has 178 valence electrons. The first-order valence-corrected chi connectivity index (χ1v) is 13.4. The second kappa shape index (κ2) is 8.80. The second-order valence-corrected chi connectivity index (χ2v) is 12.5. The zero-order valence-electron chi connectivity index (χ0n) is 21.4. The van der Waals surface area contributed by atoms with Crippen molar-refractivity contribution in [1.82, 2.24) is 0 Å². The van der Waals surface area contributed by atoms with Gasteiger partial charge in [0.25, 0.3) is 0 Å². The monoisotopic (exact) mass is 438 g/mol. The summed E-state index contributed by atoms with van der Waals surface area (Å²) in [5.74, 6) is 5.13. The Morgan fingerprint density at radius 3 is 2.50 bits per heavy atom. The van der Waals surface area contributed by atoms with Gasteiger partial charge in [-0.1, -0.05) is 59.3 Å². The number of aliphatic hydroxyl groups excluding tert-OH is 1. The minimum absolute atomic E-state index is 0.0346. The highest BCUT2D eigenvalue weighted by Gasteiger charge is 2.59. The molecule has 0 heterocycles. The first-order chi connectivity index (χ1) is 15.2. The standard InChI is InChI=1S/C30H46O2/c1-7-21(19(2)3)9-8-20(4)25-12-13-26-24-11-10-23-16-28(32)22(18-31)17-30(23,6)27(24)14-15-29(25,26)5/h8-9,16,18-21,24-27,31H,7,10-15,17H2,1-6H3/b9-8+,22-18-/t20-,21-,24+,25-,26+,27+,29-,30+/m1/s1. The number of fused-ring (bicyclic) bond motifs is 5. The van der Waals surface area contributed by atoms with Crippen LogP contribution in [0.3, 0.4) is 0 Å². The first-order valence-electron chi connectivity index (χ1n) is 13.4. The lowest BCUT2D eigenvalue weighted by Gasteiger charge is -2.58. The van der Waals surface area contributed by atoms with Gasteiger partial charge in [0.15, 0.2) is 5.78 Å². The van der Waals surface area contributed by atoms with E-state index in [4.69, 9.17) is 0 Å². The van der Waals surface area contributed by atoms with Crippen molar-refractivity contribution in [1.29, 1.82) is 0 Å². The van der Waals surface area contributed by atoms with Crippen molar-refractivity contribution >= 4 is 5.78 Å². The largest absolute Gasteiger partial charge is 0.515 e. The fourth-order valence-corrected chi connectivity index (χ4v) is 8.84. The van der Waals surface area contributed by atoms with Crippen molar-refractivity contribution in [2.75, 3.05) is 0 Å². The minimum Gasteiger partial charge on any atom is -0.515 e. The van der Waals surface area contributed by atoms with Crippen molar-refractivity contribution in [3.05, 3.63) is 35.6 Å². The molecule has 32 heavy (non-hydrogen) atoms. The van der Waals surface area contributed by atoms with Crippen LogP contribution in [0.4, 0.5) is 0 Å². The van der Waals surface area contributed by atoms with E-state index in [1.165, 1.54) is 44.1 Å². The second-order valence-electron chi connectivity index (χ2n) is 12.5. The summed E-state index contributed by atoms with van der Waals surface area (Å²) in [5.41, 5.74) is 2.48. The molecule has 0 aromatic carbocycles. The number of ketones is 1. The lowest BCUT2D eigenvalue weighted by Crippen LogP contribution is -2.51. The third-order valence-corrected chi connectivity index (χ3v) is 10.8. The first kappa shape index (κ1) is 23.8. The van der Waals surface area contributed by atoms with E-state index in [0.717, 1.165) is 42.8 Å². The van der Waals surface area contributed by atoms with Crippen LogP contribution in [0.5, 0.6) is 0 Å². The highest BCUT2D eigenvalue weighted by molar-refractivity contribution is 6.05. The predicted molar refractivity (Wildman–Crippen MR) is 133 cm³/mol. The van der Waals surface area contributed by atoms with Crippen molar-refractivity contribution in [2.24, 2.45) is 52.3 Å². The normalized spacial score (nSPS) is 42.5. The van der Waals surface area contributed by atoms with E-state index < -0.39 is 0 Å². The third-order valence-electron chi connectivity index (χ3n) is 10.8. The molecule has 0 bridgehead atoms. The summed E-state index contributed by atoms with van der Waals surface area (Å²) in [6.45, 7) is 14.5. The molecule has 8 atom stereocenters.